The molecule has 0 spiro atoms. The largest absolute Gasteiger partial charge is 0.486 e. The standard InChI is InChI=1S/C12H13ClO3/c13-9-6-11-10(15-3-4-16-11)5-8(9)7-12(14)1-2-12/h5-6,14H,1-4,7H2. The van der Waals surface area contributed by atoms with Crippen molar-refractivity contribution >= 4 is 11.6 Å². The van der Waals surface area contributed by atoms with Crippen molar-refractivity contribution < 1.29 is 14.6 Å². The monoisotopic (exact) mass is 240 g/mol. The molecule has 1 saturated carbocycles. The molecule has 0 bridgehead atoms. The maximum Gasteiger partial charge on any atom is 0.162 e. The fourth-order valence-corrected chi connectivity index (χ4v) is 2.14. The smallest absolute Gasteiger partial charge is 0.162 e. The van der Waals surface area contributed by atoms with Crippen LogP contribution in [0.2, 0.25) is 5.02 Å². The quantitative estimate of drug-likeness (QED) is 0.861. The number of hydrogen-bond acceptors (Lipinski definition) is 3. The minimum absolute atomic E-state index is 0.534. The van der Waals surface area contributed by atoms with Gasteiger partial charge in [0, 0.05) is 17.5 Å². The van der Waals surface area contributed by atoms with Gasteiger partial charge in [0.25, 0.3) is 0 Å². The van der Waals surface area contributed by atoms with E-state index in [4.69, 9.17) is 21.1 Å². The second kappa shape index (κ2) is 3.54. The minimum atomic E-state index is -0.534. The van der Waals surface area contributed by atoms with E-state index in [1.807, 2.05) is 6.07 Å². The Morgan fingerprint density at radius 1 is 1.19 bits per heavy atom. The van der Waals surface area contributed by atoms with E-state index in [9.17, 15) is 5.11 Å². The van der Waals surface area contributed by atoms with Gasteiger partial charge in [-0.05, 0) is 24.5 Å². The Hall–Kier alpha value is -0.930. The van der Waals surface area contributed by atoms with Crippen LogP contribution >= 0.6 is 11.6 Å². The van der Waals surface area contributed by atoms with Gasteiger partial charge in [0.1, 0.15) is 13.2 Å². The summed E-state index contributed by atoms with van der Waals surface area (Å²) in [5, 5.41) is 10.5. The van der Waals surface area contributed by atoms with Crippen LogP contribution in [0.5, 0.6) is 11.5 Å². The summed E-state index contributed by atoms with van der Waals surface area (Å²) in [6, 6.07) is 3.66. The summed E-state index contributed by atoms with van der Waals surface area (Å²) < 4.78 is 10.9. The highest BCUT2D eigenvalue weighted by Gasteiger charge is 2.40. The molecule has 0 saturated heterocycles. The average Bonchev–Trinajstić information content (AvgIpc) is 2.97. The molecule has 0 aromatic heterocycles. The SMILES string of the molecule is OC1(Cc2cc3c(cc2Cl)OCCO3)CC1. The number of rotatable bonds is 2. The summed E-state index contributed by atoms with van der Waals surface area (Å²) in [6.45, 7) is 1.13. The molecule has 1 aromatic carbocycles. The molecule has 1 aliphatic carbocycles. The van der Waals surface area contributed by atoms with Gasteiger partial charge in [-0.1, -0.05) is 11.6 Å². The molecule has 1 fully saturated rings. The summed E-state index contributed by atoms with van der Waals surface area (Å²) in [7, 11) is 0. The van der Waals surface area contributed by atoms with Crippen LogP contribution in [0.4, 0.5) is 0 Å². The first kappa shape index (κ1) is 10.2. The summed E-state index contributed by atoms with van der Waals surface area (Å²) in [6.07, 6.45) is 2.32. The molecule has 3 rings (SSSR count). The minimum Gasteiger partial charge on any atom is -0.486 e. The number of fused-ring (bicyclic) bond motifs is 1. The second-order valence-corrected chi connectivity index (χ2v) is 4.90. The molecular weight excluding hydrogens is 228 g/mol. The van der Waals surface area contributed by atoms with E-state index < -0.39 is 5.60 Å². The molecule has 3 nitrogen and oxygen atoms in total. The van der Waals surface area contributed by atoms with E-state index in [1.54, 1.807) is 6.07 Å². The first-order valence-electron chi connectivity index (χ1n) is 5.47. The van der Waals surface area contributed by atoms with Gasteiger partial charge in [-0.25, -0.2) is 0 Å². The predicted molar refractivity (Wildman–Crippen MR) is 60.3 cm³/mol. The third kappa shape index (κ3) is 1.85. The van der Waals surface area contributed by atoms with Crippen LogP contribution in [0.1, 0.15) is 18.4 Å². The van der Waals surface area contributed by atoms with Crippen LogP contribution in [0, 0.1) is 0 Å². The maximum absolute atomic E-state index is 9.88. The topological polar surface area (TPSA) is 38.7 Å². The Labute approximate surface area is 98.9 Å². The number of benzene rings is 1. The van der Waals surface area contributed by atoms with Crippen molar-refractivity contribution in [1.82, 2.24) is 0 Å². The molecule has 0 atom stereocenters. The van der Waals surface area contributed by atoms with Crippen molar-refractivity contribution in [2.24, 2.45) is 0 Å². The lowest BCUT2D eigenvalue weighted by Gasteiger charge is -2.20. The molecule has 1 aliphatic heterocycles. The molecule has 2 aliphatic rings. The van der Waals surface area contributed by atoms with Gasteiger partial charge in [0.15, 0.2) is 11.5 Å². The lowest BCUT2D eigenvalue weighted by Crippen LogP contribution is -2.16. The molecule has 1 heterocycles. The van der Waals surface area contributed by atoms with Gasteiger partial charge in [0.05, 0.1) is 5.60 Å². The van der Waals surface area contributed by atoms with E-state index in [1.165, 1.54) is 0 Å². The van der Waals surface area contributed by atoms with Gasteiger partial charge in [-0.3, -0.25) is 0 Å². The van der Waals surface area contributed by atoms with Crippen LogP contribution in [-0.4, -0.2) is 23.9 Å². The van der Waals surface area contributed by atoms with Gasteiger partial charge < -0.3 is 14.6 Å². The van der Waals surface area contributed by atoms with E-state index in [2.05, 4.69) is 0 Å². The van der Waals surface area contributed by atoms with Gasteiger partial charge >= 0.3 is 0 Å². The van der Waals surface area contributed by atoms with Crippen molar-refractivity contribution in [3.8, 4) is 11.5 Å². The van der Waals surface area contributed by atoms with Crippen LogP contribution in [0.25, 0.3) is 0 Å². The van der Waals surface area contributed by atoms with Crippen LogP contribution in [-0.2, 0) is 6.42 Å². The zero-order valence-corrected chi connectivity index (χ0v) is 9.59. The average molecular weight is 241 g/mol. The summed E-state index contributed by atoms with van der Waals surface area (Å²) in [4.78, 5) is 0. The Morgan fingerprint density at radius 3 is 2.44 bits per heavy atom. The molecule has 1 aromatic rings. The van der Waals surface area contributed by atoms with Crippen molar-refractivity contribution in [2.45, 2.75) is 24.9 Å². The van der Waals surface area contributed by atoms with E-state index in [0.29, 0.717) is 30.4 Å². The summed E-state index contributed by atoms with van der Waals surface area (Å²) >= 11 is 6.15. The summed E-state index contributed by atoms with van der Waals surface area (Å²) in [5.74, 6) is 1.43. The highest BCUT2D eigenvalue weighted by atomic mass is 35.5. The fraction of sp³-hybridized carbons (Fsp3) is 0.500. The third-order valence-electron chi connectivity index (χ3n) is 3.06. The third-order valence-corrected chi connectivity index (χ3v) is 3.41. The molecule has 4 heteroatoms. The Kier molecular flexibility index (Phi) is 2.26. The molecule has 0 amide bonds. The Balaban J connectivity index is 1.92. The lowest BCUT2D eigenvalue weighted by molar-refractivity contribution is 0.150. The van der Waals surface area contributed by atoms with Crippen molar-refractivity contribution in [2.75, 3.05) is 13.2 Å². The van der Waals surface area contributed by atoms with Gasteiger partial charge in [-0.15, -0.1) is 0 Å². The van der Waals surface area contributed by atoms with Gasteiger partial charge in [-0.2, -0.15) is 0 Å². The highest BCUT2D eigenvalue weighted by Crippen LogP contribution is 2.42. The zero-order chi connectivity index (χ0) is 11.2. The second-order valence-electron chi connectivity index (χ2n) is 4.49. The van der Waals surface area contributed by atoms with Crippen molar-refractivity contribution in [3.63, 3.8) is 0 Å². The molecule has 86 valence electrons. The number of ether oxygens (including phenoxy) is 2. The van der Waals surface area contributed by atoms with Crippen LogP contribution < -0.4 is 9.47 Å². The van der Waals surface area contributed by atoms with Crippen LogP contribution in [0.3, 0.4) is 0 Å². The highest BCUT2D eigenvalue weighted by molar-refractivity contribution is 6.31. The normalized spacial score (nSPS) is 20.6. The predicted octanol–water partition coefficient (Wildman–Crippen LogP) is 2.18. The molecular formula is C12H13ClO3. The van der Waals surface area contributed by atoms with E-state index >= 15 is 0 Å². The lowest BCUT2D eigenvalue weighted by atomic mass is 10.1. The van der Waals surface area contributed by atoms with Crippen molar-refractivity contribution in [1.29, 1.82) is 0 Å². The van der Waals surface area contributed by atoms with Gasteiger partial charge in [0.2, 0.25) is 0 Å². The molecule has 1 N–H and O–H groups in total. The number of aliphatic hydroxyl groups is 1. The number of halogens is 1. The fourth-order valence-electron chi connectivity index (χ4n) is 1.92. The van der Waals surface area contributed by atoms with Crippen molar-refractivity contribution in [3.05, 3.63) is 22.7 Å². The maximum atomic E-state index is 9.88. The molecule has 0 radical (unpaired) electrons. The van der Waals surface area contributed by atoms with Crippen LogP contribution in [0.15, 0.2) is 12.1 Å². The zero-order valence-electron chi connectivity index (χ0n) is 8.83. The molecule has 16 heavy (non-hydrogen) atoms. The summed E-state index contributed by atoms with van der Waals surface area (Å²) in [5.41, 5.74) is 0.402. The Bertz CT molecular complexity index is 427. The first-order chi connectivity index (χ1) is 7.66. The van der Waals surface area contributed by atoms with E-state index in [-0.39, 0.29) is 0 Å². The first-order valence-corrected chi connectivity index (χ1v) is 5.85. The number of hydrogen-bond donors (Lipinski definition) is 1. The molecule has 0 unspecified atom stereocenters. The van der Waals surface area contributed by atoms with E-state index in [0.717, 1.165) is 24.2 Å². The Morgan fingerprint density at radius 2 is 1.81 bits per heavy atom.